The number of nitrogens with one attached hydrogen (secondary N) is 1. The van der Waals surface area contributed by atoms with Crippen LogP contribution in [0, 0.1) is 0 Å². The Morgan fingerprint density at radius 1 is 1.00 bits per heavy atom. The maximum atomic E-state index is 13.9. The van der Waals surface area contributed by atoms with Gasteiger partial charge in [-0.1, -0.05) is 59.6 Å². The van der Waals surface area contributed by atoms with Gasteiger partial charge in [-0.15, -0.1) is 0 Å². The van der Waals surface area contributed by atoms with Crippen LogP contribution in [0.1, 0.15) is 32.3 Å². The molecule has 1 N–H and O–H groups in total. The Labute approximate surface area is 239 Å². The summed E-state index contributed by atoms with van der Waals surface area (Å²) >= 11 is 3.45. The maximum absolute atomic E-state index is 13.9. The van der Waals surface area contributed by atoms with Crippen LogP contribution in [0.25, 0.3) is 0 Å². The molecule has 208 valence electrons. The number of nitrogens with zero attached hydrogens (tertiary/aromatic N) is 2. The predicted molar refractivity (Wildman–Crippen MR) is 156 cm³/mol. The lowest BCUT2D eigenvalue weighted by atomic mass is 10.1. The van der Waals surface area contributed by atoms with E-state index in [1.165, 1.54) is 24.1 Å². The summed E-state index contributed by atoms with van der Waals surface area (Å²) in [5.74, 6) is -0.257. The van der Waals surface area contributed by atoms with Crippen LogP contribution in [-0.2, 0) is 26.2 Å². The summed E-state index contributed by atoms with van der Waals surface area (Å²) in [4.78, 5) is 28.4. The number of hydrogen-bond acceptors (Lipinski definition) is 5. The van der Waals surface area contributed by atoms with Gasteiger partial charge in [-0.25, -0.2) is 8.42 Å². The molecule has 3 aromatic rings. The van der Waals surface area contributed by atoms with E-state index >= 15 is 0 Å². The maximum Gasteiger partial charge on any atom is 0.264 e. The highest BCUT2D eigenvalue weighted by molar-refractivity contribution is 9.10. The standard InChI is InChI=1S/C29H34BrN3O5S/c1-4-5-18-31-29(35)22(2)32(20-23-10-9-11-24(30)19-23)28(34)21-33(25-14-16-26(38-3)17-15-25)39(36,37)27-12-7-6-8-13-27/h6-17,19,22H,4-5,18,20-21H2,1-3H3,(H,31,35). The fraction of sp³-hybridized carbons (Fsp3) is 0.310. The van der Waals surface area contributed by atoms with Crippen molar-refractivity contribution < 1.29 is 22.7 Å². The number of halogens is 1. The number of carbonyl (C=O) groups excluding carboxylic acids is 2. The largest absolute Gasteiger partial charge is 0.497 e. The normalized spacial score (nSPS) is 11.9. The number of hydrogen-bond donors (Lipinski definition) is 1. The molecule has 10 heteroatoms. The van der Waals surface area contributed by atoms with Gasteiger partial charge in [0.05, 0.1) is 17.7 Å². The molecule has 1 unspecified atom stereocenters. The number of methoxy groups -OCH3 is 1. The van der Waals surface area contributed by atoms with E-state index in [1.807, 2.05) is 31.2 Å². The minimum absolute atomic E-state index is 0.0533. The highest BCUT2D eigenvalue weighted by atomic mass is 79.9. The van der Waals surface area contributed by atoms with Gasteiger partial charge in [0, 0.05) is 17.6 Å². The fourth-order valence-electron chi connectivity index (χ4n) is 3.95. The van der Waals surface area contributed by atoms with E-state index in [2.05, 4.69) is 21.2 Å². The minimum Gasteiger partial charge on any atom is -0.497 e. The second kappa shape index (κ2) is 14.1. The Kier molecular flexibility index (Phi) is 10.9. The number of unbranched alkanes of at least 4 members (excludes halogenated alkanes) is 1. The van der Waals surface area contributed by atoms with Crippen LogP contribution in [0.3, 0.4) is 0 Å². The van der Waals surface area contributed by atoms with Crippen LogP contribution in [0.15, 0.2) is 88.2 Å². The van der Waals surface area contributed by atoms with Crippen molar-refractivity contribution in [3.05, 3.63) is 88.9 Å². The average molecular weight is 617 g/mol. The molecule has 2 amide bonds. The first-order chi connectivity index (χ1) is 18.7. The molecule has 0 aliphatic carbocycles. The van der Waals surface area contributed by atoms with Crippen molar-refractivity contribution >= 4 is 43.5 Å². The first-order valence-corrected chi connectivity index (χ1v) is 14.9. The lowest BCUT2D eigenvalue weighted by Gasteiger charge is -2.32. The summed E-state index contributed by atoms with van der Waals surface area (Å²) < 4.78 is 34.7. The molecule has 39 heavy (non-hydrogen) atoms. The molecule has 0 fully saturated rings. The van der Waals surface area contributed by atoms with E-state index in [9.17, 15) is 18.0 Å². The van der Waals surface area contributed by atoms with Gasteiger partial charge in [0.2, 0.25) is 11.8 Å². The summed E-state index contributed by atoms with van der Waals surface area (Å²) in [5.41, 5.74) is 1.10. The van der Waals surface area contributed by atoms with Gasteiger partial charge >= 0.3 is 0 Å². The Balaban J connectivity index is 1.99. The second-order valence-corrected chi connectivity index (χ2v) is 11.8. The minimum atomic E-state index is -4.11. The Morgan fingerprint density at radius 3 is 2.31 bits per heavy atom. The van der Waals surface area contributed by atoms with Gasteiger partial charge in [0.25, 0.3) is 10.0 Å². The molecule has 0 bridgehead atoms. The van der Waals surface area contributed by atoms with Gasteiger partial charge in [0.1, 0.15) is 18.3 Å². The van der Waals surface area contributed by atoms with Crippen molar-refractivity contribution in [2.24, 2.45) is 0 Å². The summed E-state index contributed by atoms with van der Waals surface area (Å²) in [5, 5.41) is 2.88. The number of anilines is 1. The third kappa shape index (κ3) is 8.06. The van der Waals surface area contributed by atoms with Gasteiger partial charge in [0.15, 0.2) is 0 Å². The Bertz CT molecular complexity index is 1350. The van der Waals surface area contributed by atoms with Crippen LogP contribution < -0.4 is 14.4 Å². The third-order valence-electron chi connectivity index (χ3n) is 6.21. The van der Waals surface area contributed by atoms with Crippen molar-refractivity contribution in [3.63, 3.8) is 0 Å². The molecule has 0 saturated heterocycles. The zero-order valence-electron chi connectivity index (χ0n) is 22.3. The highest BCUT2D eigenvalue weighted by Gasteiger charge is 2.32. The molecule has 0 heterocycles. The predicted octanol–water partition coefficient (Wildman–Crippen LogP) is 4.99. The van der Waals surface area contributed by atoms with E-state index < -0.39 is 28.5 Å². The van der Waals surface area contributed by atoms with E-state index in [1.54, 1.807) is 49.4 Å². The van der Waals surface area contributed by atoms with E-state index in [4.69, 9.17) is 4.74 Å². The molecule has 0 radical (unpaired) electrons. The average Bonchev–Trinajstić information content (AvgIpc) is 2.94. The summed E-state index contributed by atoms with van der Waals surface area (Å²) in [7, 11) is -2.59. The van der Waals surface area contributed by atoms with Gasteiger partial charge in [-0.2, -0.15) is 0 Å². The Hall–Kier alpha value is -3.37. The van der Waals surface area contributed by atoms with Crippen LogP contribution in [-0.4, -0.2) is 51.4 Å². The number of amides is 2. The number of ether oxygens (including phenoxy) is 1. The number of benzene rings is 3. The summed E-state index contributed by atoms with van der Waals surface area (Å²) in [6.07, 6.45) is 1.74. The van der Waals surface area contributed by atoms with Crippen LogP contribution in [0.2, 0.25) is 0 Å². The smallest absolute Gasteiger partial charge is 0.264 e. The molecule has 0 aliphatic rings. The molecule has 0 saturated carbocycles. The fourth-order valence-corrected chi connectivity index (χ4v) is 5.83. The number of sulfonamides is 1. The zero-order chi connectivity index (χ0) is 28.4. The third-order valence-corrected chi connectivity index (χ3v) is 8.49. The van der Waals surface area contributed by atoms with E-state index in [0.717, 1.165) is 27.2 Å². The van der Waals surface area contributed by atoms with Crippen molar-refractivity contribution in [1.82, 2.24) is 10.2 Å². The van der Waals surface area contributed by atoms with Gasteiger partial charge in [-0.3, -0.25) is 13.9 Å². The lowest BCUT2D eigenvalue weighted by Crippen LogP contribution is -2.51. The number of carbonyl (C=O) groups is 2. The van der Waals surface area contributed by atoms with Gasteiger partial charge < -0.3 is 15.0 Å². The molecular formula is C29H34BrN3O5S. The SMILES string of the molecule is CCCCNC(=O)C(C)N(Cc1cccc(Br)c1)C(=O)CN(c1ccc(OC)cc1)S(=O)(=O)c1ccccc1. The van der Waals surface area contributed by atoms with E-state index in [-0.39, 0.29) is 17.3 Å². The molecule has 0 aromatic heterocycles. The van der Waals surface area contributed by atoms with Crippen molar-refractivity contribution in [2.75, 3.05) is 24.5 Å². The molecule has 0 aliphatic heterocycles. The topological polar surface area (TPSA) is 96.0 Å². The highest BCUT2D eigenvalue weighted by Crippen LogP contribution is 2.26. The summed E-state index contributed by atoms with van der Waals surface area (Å²) in [6, 6.07) is 21.0. The quantitative estimate of drug-likeness (QED) is 0.273. The van der Waals surface area contributed by atoms with Crippen LogP contribution >= 0.6 is 15.9 Å². The van der Waals surface area contributed by atoms with E-state index in [0.29, 0.717) is 18.0 Å². The van der Waals surface area contributed by atoms with Crippen molar-refractivity contribution in [1.29, 1.82) is 0 Å². The second-order valence-electron chi connectivity index (χ2n) is 8.99. The molecule has 0 spiro atoms. The van der Waals surface area contributed by atoms with Crippen molar-refractivity contribution in [2.45, 2.75) is 44.2 Å². The number of rotatable bonds is 13. The molecule has 1 atom stereocenters. The van der Waals surface area contributed by atoms with Gasteiger partial charge in [-0.05, 0) is 67.4 Å². The zero-order valence-corrected chi connectivity index (χ0v) is 24.7. The molecule has 3 rings (SSSR count). The van der Waals surface area contributed by atoms with Crippen LogP contribution in [0.5, 0.6) is 5.75 Å². The Morgan fingerprint density at radius 2 is 1.69 bits per heavy atom. The molecular weight excluding hydrogens is 582 g/mol. The monoisotopic (exact) mass is 615 g/mol. The first-order valence-electron chi connectivity index (χ1n) is 12.7. The first kappa shape index (κ1) is 30.2. The van der Waals surface area contributed by atoms with Crippen molar-refractivity contribution in [3.8, 4) is 5.75 Å². The molecule has 8 nitrogen and oxygen atoms in total. The molecule has 3 aromatic carbocycles. The van der Waals surface area contributed by atoms with Crippen LogP contribution in [0.4, 0.5) is 5.69 Å². The lowest BCUT2D eigenvalue weighted by molar-refractivity contribution is -0.139. The summed E-state index contributed by atoms with van der Waals surface area (Å²) in [6.45, 7) is 3.81.